The van der Waals surface area contributed by atoms with E-state index in [9.17, 15) is 9.90 Å². The molecule has 1 aromatic carbocycles. The first-order valence-corrected chi connectivity index (χ1v) is 6.96. The Hall–Kier alpha value is -0.870. The second-order valence-electron chi connectivity index (χ2n) is 4.55. The lowest BCUT2D eigenvalue weighted by atomic mass is 9.91. The minimum Gasteiger partial charge on any atom is -0.480 e. The van der Waals surface area contributed by atoms with Gasteiger partial charge in [-0.1, -0.05) is 41.9 Å². The van der Waals surface area contributed by atoms with E-state index in [4.69, 9.17) is 0 Å². The maximum Gasteiger partial charge on any atom is 0.324 e. The van der Waals surface area contributed by atoms with Crippen molar-refractivity contribution in [2.45, 2.75) is 32.7 Å². The highest BCUT2D eigenvalue weighted by Gasteiger charge is 2.38. The van der Waals surface area contributed by atoms with Crippen LogP contribution in [0.2, 0.25) is 0 Å². The Morgan fingerprint density at radius 1 is 1.28 bits per heavy atom. The van der Waals surface area contributed by atoms with Crippen molar-refractivity contribution >= 4 is 21.9 Å². The molecule has 0 aromatic heterocycles. The summed E-state index contributed by atoms with van der Waals surface area (Å²) in [4.78, 5) is 13.6. The highest BCUT2D eigenvalue weighted by Crippen LogP contribution is 2.22. The third-order valence-corrected chi connectivity index (χ3v) is 3.91. The lowest BCUT2D eigenvalue weighted by Gasteiger charge is -2.36. The Balaban J connectivity index is 2.99. The zero-order valence-electron chi connectivity index (χ0n) is 11.1. The van der Waals surface area contributed by atoms with Crippen molar-refractivity contribution < 1.29 is 9.90 Å². The average Bonchev–Trinajstić information content (AvgIpc) is 2.33. The standard InChI is InChI=1S/C14H20BrNO2/c1-4-16(5-2)14(3,13(17)18)10-11-6-8-12(15)9-7-11/h6-9H,4-5,10H2,1-3H3,(H,17,18). The second kappa shape index (κ2) is 6.34. The van der Waals surface area contributed by atoms with E-state index in [1.165, 1.54) is 0 Å². The van der Waals surface area contributed by atoms with Crippen LogP contribution in [0.15, 0.2) is 28.7 Å². The van der Waals surface area contributed by atoms with Gasteiger partial charge in [-0.2, -0.15) is 0 Å². The zero-order valence-corrected chi connectivity index (χ0v) is 12.7. The summed E-state index contributed by atoms with van der Waals surface area (Å²) in [7, 11) is 0. The van der Waals surface area contributed by atoms with Gasteiger partial charge in [-0.15, -0.1) is 0 Å². The van der Waals surface area contributed by atoms with Crippen molar-refractivity contribution in [3.8, 4) is 0 Å². The molecule has 0 aliphatic heterocycles. The van der Waals surface area contributed by atoms with Crippen LogP contribution in [0.25, 0.3) is 0 Å². The van der Waals surface area contributed by atoms with Crippen LogP contribution in [-0.4, -0.2) is 34.6 Å². The molecule has 18 heavy (non-hydrogen) atoms. The van der Waals surface area contributed by atoms with Gasteiger partial charge in [-0.3, -0.25) is 9.69 Å². The second-order valence-corrected chi connectivity index (χ2v) is 5.47. The molecule has 0 spiro atoms. The Bertz CT molecular complexity index is 401. The normalized spacial score (nSPS) is 14.5. The summed E-state index contributed by atoms with van der Waals surface area (Å²) in [5.74, 6) is -0.769. The molecule has 1 aromatic rings. The number of rotatable bonds is 6. The monoisotopic (exact) mass is 313 g/mol. The van der Waals surface area contributed by atoms with Gasteiger partial charge in [0, 0.05) is 10.9 Å². The number of aliphatic carboxylic acids is 1. The molecule has 0 radical (unpaired) electrons. The molecule has 0 aliphatic rings. The topological polar surface area (TPSA) is 40.5 Å². The fourth-order valence-electron chi connectivity index (χ4n) is 2.24. The quantitative estimate of drug-likeness (QED) is 0.877. The van der Waals surface area contributed by atoms with Crippen molar-refractivity contribution in [2.75, 3.05) is 13.1 Å². The summed E-state index contributed by atoms with van der Waals surface area (Å²) in [6.45, 7) is 7.24. The summed E-state index contributed by atoms with van der Waals surface area (Å²) in [6.07, 6.45) is 0.511. The van der Waals surface area contributed by atoms with E-state index in [0.717, 1.165) is 23.1 Å². The average molecular weight is 314 g/mol. The number of carbonyl (C=O) groups is 1. The van der Waals surface area contributed by atoms with Gasteiger partial charge in [0.25, 0.3) is 0 Å². The molecule has 0 bridgehead atoms. The van der Waals surface area contributed by atoms with Crippen molar-refractivity contribution in [1.82, 2.24) is 4.90 Å². The maximum atomic E-state index is 11.6. The zero-order chi connectivity index (χ0) is 13.8. The first-order chi connectivity index (χ1) is 8.43. The van der Waals surface area contributed by atoms with Crippen molar-refractivity contribution in [2.24, 2.45) is 0 Å². The molecule has 100 valence electrons. The number of hydrogen-bond acceptors (Lipinski definition) is 2. The first kappa shape index (κ1) is 15.2. The van der Waals surface area contributed by atoms with E-state index in [1.807, 2.05) is 43.0 Å². The summed E-state index contributed by atoms with van der Waals surface area (Å²) in [5, 5.41) is 9.53. The first-order valence-electron chi connectivity index (χ1n) is 6.17. The van der Waals surface area contributed by atoms with Gasteiger partial charge in [0.2, 0.25) is 0 Å². The van der Waals surface area contributed by atoms with Gasteiger partial charge in [-0.25, -0.2) is 0 Å². The lowest BCUT2D eigenvalue weighted by Crippen LogP contribution is -2.53. The Labute approximate surface area is 117 Å². The largest absolute Gasteiger partial charge is 0.480 e. The van der Waals surface area contributed by atoms with Gasteiger partial charge in [0.15, 0.2) is 0 Å². The lowest BCUT2D eigenvalue weighted by molar-refractivity contribution is -0.150. The van der Waals surface area contributed by atoms with Gasteiger partial charge >= 0.3 is 5.97 Å². The number of halogens is 1. The summed E-state index contributed by atoms with van der Waals surface area (Å²) >= 11 is 3.38. The van der Waals surface area contributed by atoms with E-state index in [-0.39, 0.29) is 0 Å². The molecule has 1 unspecified atom stereocenters. The minimum absolute atomic E-state index is 0.511. The molecule has 0 saturated heterocycles. The SMILES string of the molecule is CCN(CC)C(C)(Cc1ccc(Br)cc1)C(=O)O. The van der Waals surface area contributed by atoms with Gasteiger partial charge in [0.1, 0.15) is 5.54 Å². The van der Waals surface area contributed by atoms with E-state index in [0.29, 0.717) is 6.42 Å². The van der Waals surface area contributed by atoms with Crippen molar-refractivity contribution in [3.63, 3.8) is 0 Å². The Morgan fingerprint density at radius 3 is 2.17 bits per heavy atom. The van der Waals surface area contributed by atoms with Gasteiger partial charge in [-0.05, 0) is 37.7 Å². The van der Waals surface area contributed by atoms with Crippen LogP contribution in [0.1, 0.15) is 26.3 Å². The van der Waals surface area contributed by atoms with E-state index in [2.05, 4.69) is 15.9 Å². The number of carboxylic acid groups (broad SMARTS) is 1. The molecular weight excluding hydrogens is 294 g/mol. The highest BCUT2D eigenvalue weighted by atomic mass is 79.9. The molecule has 0 aliphatic carbocycles. The third kappa shape index (κ3) is 3.33. The van der Waals surface area contributed by atoms with Crippen LogP contribution in [-0.2, 0) is 11.2 Å². The fraction of sp³-hybridized carbons (Fsp3) is 0.500. The molecule has 3 nitrogen and oxygen atoms in total. The third-order valence-electron chi connectivity index (χ3n) is 3.38. The summed E-state index contributed by atoms with van der Waals surface area (Å²) < 4.78 is 1.01. The number of carboxylic acids is 1. The predicted octanol–water partition coefficient (Wildman–Crippen LogP) is 3.18. The Kier molecular flexibility index (Phi) is 5.35. The van der Waals surface area contributed by atoms with Gasteiger partial charge < -0.3 is 5.11 Å². The molecule has 1 N–H and O–H groups in total. The number of hydrogen-bond donors (Lipinski definition) is 1. The molecular formula is C14H20BrNO2. The van der Waals surface area contributed by atoms with Crippen LogP contribution in [0.4, 0.5) is 0 Å². The van der Waals surface area contributed by atoms with Crippen LogP contribution in [0.3, 0.4) is 0 Å². The van der Waals surface area contributed by atoms with Gasteiger partial charge in [0.05, 0.1) is 0 Å². The number of nitrogens with zero attached hydrogens (tertiary/aromatic N) is 1. The fourth-order valence-corrected chi connectivity index (χ4v) is 2.51. The van der Waals surface area contributed by atoms with E-state index in [1.54, 1.807) is 6.92 Å². The van der Waals surface area contributed by atoms with Crippen LogP contribution >= 0.6 is 15.9 Å². The number of benzene rings is 1. The summed E-state index contributed by atoms with van der Waals surface area (Å²) in [6, 6.07) is 7.82. The summed E-state index contributed by atoms with van der Waals surface area (Å²) in [5.41, 5.74) is 0.187. The molecule has 1 rings (SSSR count). The molecule has 4 heteroatoms. The van der Waals surface area contributed by atoms with E-state index >= 15 is 0 Å². The van der Waals surface area contributed by atoms with Crippen LogP contribution < -0.4 is 0 Å². The van der Waals surface area contributed by atoms with E-state index < -0.39 is 11.5 Å². The molecule has 0 heterocycles. The molecule has 0 fully saturated rings. The highest BCUT2D eigenvalue weighted by molar-refractivity contribution is 9.10. The van der Waals surface area contributed by atoms with Crippen LogP contribution in [0, 0.1) is 0 Å². The Morgan fingerprint density at radius 2 is 1.78 bits per heavy atom. The molecule has 0 saturated carbocycles. The minimum atomic E-state index is -0.850. The smallest absolute Gasteiger partial charge is 0.324 e. The van der Waals surface area contributed by atoms with Crippen molar-refractivity contribution in [3.05, 3.63) is 34.3 Å². The molecule has 1 atom stereocenters. The maximum absolute atomic E-state index is 11.6. The van der Waals surface area contributed by atoms with Crippen molar-refractivity contribution in [1.29, 1.82) is 0 Å². The van der Waals surface area contributed by atoms with Crippen LogP contribution in [0.5, 0.6) is 0 Å². The predicted molar refractivity (Wildman–Crippen MR) is 76.8 cm³/mol. The number of likely N-dealkylation sites (N-methyl/N-ethyl adjacent to an activating group) is 1. The molecule has 0 amide bonds.